The van der Waals surface area contributed by atoms with Crippen molar-refractivity contribution in [3.63, 3.8) is 0 Å². The maximum atomic E-state index is 12.7. The second kappa shape index (κ2) is 9.65. The minimum Gasteiger partial charge on any atom is -0.465 e. The smallest absolute Gasteiger partial charge is 0.407 e. The minimum absolute atomic E-state index is 0.103. The first-order valence-electron chi connectivity index (χ1n) is 10.5. The Hall–Kier alpha value is -3.00. The molecule has 2 heterocycles. The lowest BCUT2D eigenvalue weighted by atomic mass is 9.76. The van der Waals surface area contributed by atoms with E-state index in [-0.39, 0.29) is 23.3 Å². The Balaban J connectivity index is 1.61. The second-order valence-corrected chi connectivity index (χ2v) is 9.57. The van der Waals surface area contributed by atoms with E-state index in [4.69, 9.17) is 22.1 Å². The van der Waals surface area contributed by atoms with Crippen LogP contribution in [-0.4, -0.2) is 39.6 Å². The summed E-state index contributed by atoms with van der Waals surface area (Å²) in [6, 6.07) is 8.15. The first-order chi connectivity index (χ1) is 15.0. The van der Waals surface area contributed by atoms with Crippen LogP contribution in [0.5, 0.6) is 11.5 Å². The van der Waals surface area contributed by atoms with Crippen LogP contribution in [0.15, 0.2) is 36.5 Å². The molecule has 0 aliphatic carbocycles. The molecule has 1 aromatic heterocycles. The lowest BCUT2D eigenvalue weighted by Crippen LogP contribution is -2.51. The number of nitrogen functional groups attached to an aromatic ring is 1. The number of anilines is 2. The van der Waals surface area contributed by atoms with Gasteiger partial charge in [-0.2, -0.15) is 0 Å². The third-order valence-corrected chi connectivity index (χ3v) is 5.96. The van der Waals surface area contributed by atoms with Gasteiger partial charge in [0.05, 0.1) is 10.7 Å². The zero-order valence-corrected chi connectivity index (χ0v) is 19.2. The lowest BCUT2D eigenvalue weighted by Gasteiger charge is -2.44. The number of halogens is 1. The number of carboxylic acid groups (broad SMARTS) is 1. The normalized spacial score (nSPS) is 18.8. The van der Waals surface area contributed by atoms with Gasteiger partial charge in [0.25, 0.3) is 0 Å². The Morgan fingerprint density at radius 3 is 2.66 bits per heavy atom. The zero-order valence-electron chi connectivity index (χ0n) is 18.5. The molecule has 0 spiro atoms. The number of hydrogen-bond acceptors (Lipinski definition) is 5. The zero-order chi connectivity index (χ0) is 23.5. The van der Waals surface area contributed by atoms with Crippen molar-refractivity contribution in [1.29, 1.82) is 0 Å². The Morgan fingerprint density at radius 2 is 2.00 bits per heavy atom. The van der Waals surface area contributed by atoms with Crippen LogP contribution in [0, 0.1) is 11.3 Å². The fraction of sp³-hybridized carbons (Fsp3) is 0.435. The van der Waals surface area contributed by atoms with E-state index >= 15 is 0 Å². The number of ether oxygens (including phenoxy) is 1. The first kappa shape index (κ1) is 23.7. The third-order valence-electron chi connectivity index (χ3n) is 5.64. The van der Waals surface area contributed by atoms with Crippen molar-refractivity contribution >= 4 is 35.1 Å². The average Bonchev–Trinajstić information content (AvgIpc) is 2.70. The second-order valence-electron chi connectivity index (χ2n) is 9.16. The molecular weight excluding hydrogens is 432 g/mol. The molecule has 3 rings (SSSR count). The van der Waals surface area contributed by atoms with Gasteiger partial charge in [0.1, 0.15) is 17.3 Å². The Labute approximate surface area is 192 Å². The summed E-state index contributed by atoms with van der Waals surface area (Å²) in [5, 5.41) is 12.7. The number of nitrogens with two attached hydrogens (primary N) is 1. The number of rotatable bonds is 5. The summed E-state index contributed by atoms with van der Waals surface area (Å²) < 4.78 is 5.78. The maximum absolute atomic E-state index is 12.7. The van der Waals surface area contributed by atoms with Gasteiger partial charge in [-0.25, -0.2) is 9.78 Å². The molecule has 2 atom stereocenters. The van der Waals surface area contributed by atoms with Gasteiger partial charge >= 0.3 is 6.09 Å². The number of carbonyl (C=O) groups excluding carboxylic acids is 1. The molecule has 2 unspecified atom stereocenters. The SMILES string of the molecule is CC(C)(C)C1CC(CC(=O)Nc2cc(Oc3ccc(N)c(Cl)c3)ccn2)CCN1C(=O)O. The summed E-state index contributed by atoms with van der Waals surface area (Å²) in [4.78, 5) is 29.9. The number of pyridine rings is 1. The van der Waals surface area contributed by atoms with Gasteiger partial charge in [-0.15, -0.1) is 0 Å². The standard InChI is InChI=1S/C23H29ClN4O4/c1-23(2,3)19-10-14(7-9-28(19)22(30)31)11-21(29)27-20-13-16(6-8-26-20)32-15-4-5-18(25)17(24)12-15/h4-6,8,12-14,19H,7,9-11,25H2,1-3H3,(H,30,31)(H,26,27,29). The van der Waals surface area contributed by atoms with E-state index in [2.05, 4.69) is 10.3 Å². The Bertz CT molecular complexity index is 992. The van der Waals surface area contributed by atoms with Crippen molar-refractivity contribution in [3.05, 3.63) is 41.6 Å². The highest BCUT2D eigenvalue weighted by molar-refractivity contribution is 6.33. The molecule has 1 fully saturated rings. The van der Waals surface area contributed by atoms with Crippen molar-refractivity contribution < 1.29 is 19.4 Å². The summed E-state index contributed by atoms with van der Waals surface area (Å²) in [7, 11) is 0. The van der Waals surface area contributed by atoms with E-state index in [0.29, 0.717) is 53.8 Å². The van der Waals surface area contributed by atoms with Crippen LogP contribution in [0.25, 0.3) is 0 Å². The Morgan fingerprint density at radius 1 is 1.28 bits per heavy atom. The largest absolute Gasteiger partial charge is 0.465 e. The van der Waals surface area contributed by atoms with Crippen LogP contribution in [0.1, 0.15) is 40.0 Å². The molecule has 9 heteroatoms. The van der Waals surface area contributed by atoms with E-state index < -0.39 is 6.09 Å². The first-order valence-corrected chi connectivity index (χ1v) is 10.9. The molecular formula is C23H29ClN4O4. The van der Waals surface area contributed by atoms with Gasteiger partial charge in [-0.1, -0.05) is 32.4 Å². The van der Waals surface area contributed by atoms with Crippen molar-refractivity contribution in [2.45, 2.75) is 46.1 Å². The van der Waals surface area contributed by atoms with Crippen LogP contribution in [0.3, 0.4) is 0 Å². The fourth-order valence-corrected chi connectivity index (χ4v) is 4.15. The molecule has 0 saturated carbocycles. The average molecular weight is 461 g/mol. The van der Waals surface area contributed by atoms with Crippen LogP contribution in [-0.2, 0) is 4.79 Å². The molecule has 0 radical (unpaired) electrons. The van der Waals surface area contributed by atoms with Crippen LogP contribution in [0.4, 0.5) is 16.3 Å². The molecule has 0 bridgehead atoms. The molecule has 8 nitrogen and oxygen atoms in total. The predicted octanol–water partition coefficient (Wildman–Crippen LogP) is 5.24. The van der Waals surface area contributed by atoms with Gasteiger partial charge in [-0.05, 0) is 42.4 Å². The van der Waals surface area contributed by atoms with Crippen molar-refractivity contribution in [3.8, 4) is 11.5 Å². The number of benzene rings is 1. The van der Waals surface area contributed by atoms with E-state index in [9.17, 15) is 14.7 Å². The minimum atomic E-state index is -0.906. The number of aromatic nitrogens is 1. The summed E-state index contributed by atoms with van der Waals surface area (Å²) in [6.07, 6.45) is 2.25. The van der Waals surface area contributed by atoms with Gasteiger partial charge in [0, 0.05) is 37.3 Å². The summed E-state index contributed by atoms with van der Waals surface area (Å²) in [5.74, 6) is 1.34. The molecule has 32 heavy (non-hydrogen) atoms. The number of nitrogens with one attached hydrogen (secondary N) is 1. The quantitative estimate of drug-likeness (QED) is 0.525. The van der Waals surface area contributed by atoms with Crippen molar-refractivity contribution in [2.24, 2.45) is 11.3 Å². The van der Waals surface area contributed by atoms with Gasteiger partial charge in [-0.3, -0.25) is 4.79 Å². The monoisotopic (exact) mass is 460 g/mol. The number of carbonyl (C=O) groups is 2. The topological polar surface area (TPSA) is 118 Å². The molecule has 172 valence electrons. The summed E-state index contributed by atoms with van der Waals surface area (Å²) in [6.45, 7) is 6.51. The van der Waals surface area contributed by atoms with Crippen molar-refractivity contribution in [2.75, 3.05) is 17.6 Å². The number of likely N-dealkylation sites (tertiary alicyclic amines) is 1. The van der Waals surface area contributed by atoms with Crippen LogP contribution < -0.4 is 15.8 Å². The molecule has 2 amide bonds. The van der Waals surface area contributed by atoms with Gasteiger partial charge in [0.15, 0.2) is 0 Å². The molecule has 1 aliphatic heterocycles. The van der Waals surface area contributed by atoms with Crippen molar-refractivity contribution in [1.82, 2.24) is 9.88 Å². The highest BCUT2D eigenvalue weighted by atomic mass is 35.5. The van der Waals surface area contributed by atoms with E-state index in [0.717, 1.165) is 0 Å². The van der Waals surface area contributed by atoms with Crippen LogP contribution >= 0.6 is 11.6 Å². The molecule has 1 aromatic carbocycles. The predicted molar refractivity (Wildman–Crippen MR) is 124 cm³/mol. The molecule has 2 aromatic rings. The summed E-state index contributed by atoms with van der Waals surface area (Å²) >= 11 is 6.03. The lowest BCUT2D eigenvalue weighted by molar-refractivity contribution is -0.117. The number of amides is 2. The molecule has 4 N–H and O–H groups in total. The van der Waals surface area contributed by atoms with E-state index in [1.165, 1.54) is 4.90 Å². The number of hydrogen-bond donors (Lipinski definition) is 3. The molecule has 1 saturated heterocycles. The van der Waals surface area contributed by atoms with Crippen LogP contribution in [0.2, 0.25) is 5.02 Å². The highest BCUT2D eigenvalue weighted by Gasteiger charge is 2.39. The van der Waals surface area contributed by atoms with Gasteiger partial charge < -0.3 is 25.8 Å². The highest BCUT2D eigenvalue weighted by Crippen LogP contribution is 2.36. The van der Waals surface area contributed by atoms with Gasteiger partial charge in [0.2, 0.25) is 5.91 Å². The van der Waals surface area contributed by atoms with E-state index in [1.807, 2.05) is 20.8 Å². The van der Waals surface area contributed by atoms with E-state index in [1.54, 1.807) is 36.5 Å². The Kier molecular flexibility index (Phi) is 7.13. The summed E-state index contributed by atoms with van der Waals surface area (Å²) in [5.41, 5.74) is 5.98. The third kappa shape index (κ3) is 6.03. The maximum Gasteiger partial charge on any atom is 0.407 e. The molecule has 1 aliphatic rings. The number of nitrogens with zero attached hydrogens (tertiary/aromatic N) is 2. The number of piperidine rings is 1. The fourth-order valence-electron chi connectivity index (χ4n) is 3.98.